The van der Waals surface area contributed by atoms with Crippen molar-refractivity contribution in [2.24, 2.45) is 0 Å². The van der Waals surface area contributed by atoms with Gasteiger partial charge in [-0.1, -0.05) is 19.3 Å². The predicted octanol–water partition coefficient (Wildman–Crippen LogP) is 3.05. The van der Waals surface area contributed by atoms with Gasteiger partial charge in [0, 0.05) is 11.7 Å². The molecule has 6 nitrogen and oxygen atoms in total. The highest BCUT2D eigenvalue weighted by atomic mass is 16.3. The van der Waals surface area contributed by atoms with E-state index in [2.05, 4.69) is 20.6 Å². The molecule has 3 rings (SSSR count). The van der Waals surface area contributed by atoms with Crippen molar-refractivity contribution in [3.05, 3.63) is 41.6 Å². The molecule has 2 heterocycles. The van der Waals surface area contributed by atoms with Crippen LogP contribution >= 0.6 is 0 Å². The van der Waals surface area contributed by atoms with Gasteiger partial charge in [-0.3, -0.25) is 4.79 Å². The van der Waals surface area contributed by atoms with Gasteiger partial charge in [0.15, 0.2) is 0 Å². The molecule has 0 bridgehead atoms. The summed E-state index contributed by atoms with van der Waals surface area (Å²) < 4.78 is 5.21. The van der Waals surface area contributed by atoms with Crippen LogP contribution in [0.1, 0.15) is 54.0 Å². The quantitative estimate of drug-likeness (QED) is 0.886. The van der Waals surface area contributed by atoms with Crippen molar-refractivity contribution >= 4 is 11.9 Å². The van der Waals surface area contributed by atoms with Crippen LogP contribution in [0.2, 0.25) is 0 Å². The van der Waals surface area contributed by atoms with Crippen molar-refractivity contribution in [1.29, 1.82) is 0 Å². The van der Waals surface area contributed by atoms with Crippen LogP contribution in [0.4, 0.5) is 5.95 Å². The molecular weight excluding hydrogens is 292 g/mol. The fourth-order valence-electron chi connectivity index (χ4n) is 2.85. The Bertz CT molecular complexity index is 649. The summed E-state index contributed by atoms with van der Waals surface area (Å²) in [6.45, 7) is 2.22. The Morgan fingerprint density at radius 2 is 2.13 bits per heavy atom. The number of amides is 1. The molecule has 1 aliphatic carbocycles. The largest absolute Gasteiger partial charge is 0.467 e. The first-order valence-corrected chi connectivity index (χ1v) is 8.13. The Hall–Kier alpha value is -2.37. The summed E-state index contributed by atoms with van der Waals surface area (Å²) in [4.78, 5) is 21.0. The lowest BCUT2D eigenvalue weighted by molar-refractivity contribution is 0.0943. The van der Waals surface area contributed by atoms with E-state index in [0.29, 0.717) is 30.0 Å². The number of nitrogens with zero attached hydrogens (tertiary/aromatic N) is 2. The minimum Gasteiger partial charge on any atom is -0.467 e. The van der Waals surface area contributed by atoms with Gasteiger partial charge in [-0.15, -0.1) is 0 Å². The summed E-state index contributed by atoms with van der Waals surface area (Å²) in [5.74, 6) is 1.03. The minimum absolute atomic E-state index is 0.224. The van der Waals surface area contributed by atoms with Crippen molar-refractivity contribution in [2.45, 2.75) is 51.6 Å². The van der Waals surface area contributed by atoms with E-state index in [9.17, 15) is 4.79 Å². The fraction of sp³-hybridized carbons (Fsp3) is 0.471. The smallest absolute Gasteiger partial charge is 0.270 e. The molecule has 0 radical (unpaired) electrons. The number of anilines is 1. The van der Waals surface area contributed by atoms with Crippen molar-refractivity contribution in [1.82, 2.24) is 15.3 Å². The van der Waals surface area contributed by atoms with E-state index in [1.807, 2.05) is 13.0 Å². The van der Waals surface area contributed by atoms with Crippen molar-refractivity contribution in [2.75, 3.05) is 5.32 Å². The summed E-state index contributed by atoms with van der Waals surface area (Å²) in [5.41, 5.74) is 1.16. The maximum atomic E-state index is 12.3. The number of carbonyl (C=O) groups excluding carboxylic acids is 1. The van der Waals surface area contributed by atoms with Crippen LogP contribution in [0.5, 0.6) is 0 Å². The number of hydrogen-bond acceptors (Lipinski definition) is 5. The van der Waals surface area contributed by atoms with Gasteiger partial charge < -0.3 is 15.1 Å². The molecule has 6 heteroatoms. The average molecular weight is 314 g/mol. The second-order valence-electron chi connectivity index (χ2n) is 5.96. The van der Waals surface area contributed by atoms with Gasteiger partial charge in [-0.25, -0.2) is 9.97 Å². The third kappa shape index (κ3) is 4.31. The minimum atomic E-state index is -0.224. The molecule has 2 N–H and O–H groups in total. The molecule has 0 unspecified atom stereocenters. The lowest BCUT2D eigenvalue weighted by Crippen LogP contribution is -2.26. The Labute approximate surface area is 135 Å². The van der Waals surface area contributed by atoms with Crippen molar-refractivity contribution in [3.8, 4) is 0 Å². The number of aryl methyl sites for hydroxylation is 1. The third-order valence-corrected chi connectivity index (χ3v) is 4.03. The maximum absolute atomic E-state index is 12.3. The summed E-state index contributed by atoms with van der Waals surface area (Å²) >= 11 is 0. The topological polar surface area (TPSA) is 80.0 Å². The summed E-state index contributed by atoms with van der Waals surface area (Å²) in [5, 5.41) is 6.17. The number of rotatable bonds is 5. The highest BCUT2D eigenvalue weighted by Crippen LogP contribution is 2.20. The molecule has 1 saturated carbocycles. The SMILES string of the molecule is Cc1cc(C(=O)NCc2ccco2)nc(NC2CCCCC2)n1. The summed E-state index contributed by atoms with van der Waals surface area (Å²) in [6.07, 6.45) is 7.63. The molecule has 0 aliphatic heterocycles. The summed E-state index contributed by atoms with van der Waals surface area (Å²) in [7, 11) is 0. The van der Waals surface area contributed by atoms with Gasteiger partial charge in [-0.2, -0.15) is 0 Å². The molecule has 0 atom stereocenters. The van der Waals surface area contributed by atoms with E-state index in [1.54, 1.807) is 18.4 Å². The maximum Gasteiger partial charge on any atom is 0.270 e. The highest BCUT2D eigenvalue weighted by molar-refractivity contribution is 5.92. The first-order valence-electron chi connectivity index (χ1n) is 8.13. The van der Waals surface area contributed by atoms with Gasteiger partial charge in [-0.05, 0) is 38.0 Å². The molecule has 2 aromatic rings. The van der Waals surface area contributed by atoms with E-state index < -0.39 is 0 Å². The first-order chi connectivity index (χ1) is 11.2. The lowest BCUT2D eigenvalue weighted by atomic mass is 9.96. The number of carbonyl (C=O) groups is 1. The van der Waals surface area contributed by atoms with Crippen molar-refractivity contribution < 1.29 is 9.21 Å². The molecule has 2 aromatic heterocycles. The zero-order chi connectivity index (χ0) is 16.1. The normalized spacial score (nSPS) is 15.3. The van der Waals surface area contributed by atoms with Gasteiger partial charge in [0.2, 0.25) is 5.95 Å². The second-order valence-corrected chi connectivity index (χ2v) is 5.96. The van der Waals surface area contributed by atoms with Gasteiger partial charge in [0.1, 0.15) is 11.5 Å². The fourth-order valence-corrected chi connectivity index (χ4v) is 2.85. The van der Waals surface area contributed by atoms with Crippen LogP contribution < -0.4 is 10.6 Å². The van der Waals surface area contributed by atoms with Crippen LogP contribution in [-0.4, -0.2) is 21.9 Å². The van der Waals surface area contributed by atoms with Gasteiger partial charge in [0.05, 0.1) is 12.8 Å². The Morgan fingerprint density at radius 3 is 2.87 bits per heavy atom. The number of aromatic nitrogens is 2. The molecular formula is C17H22N4O2. The van der Waals surface area contributed by atoms with E-state index >= 15 is 0 Å². The van der Waals surface area contributed by atoms with Gasteiger partial charge in [0.25, 0.3) is 5.91 Å². The zero-order valence-corrected chi connectivity index (χ0v) is 13.3. The average Bonchev–Trinajstić information content (AvgIpc) is 3.06. The van der Waals surface area contributed by atoms with Crippen LogP contribution in [0.25, 0.3) is 0 Å². The van der Waals surface area contributed by atoms with Crippen LogP contribution in [-0.2, 0) is 6.54 Å². The van der Waals surface area contributed by atoms with Crippen molar-refractivity contribution in [3.63, 3.8) is 0 Å². The summed E-state index contributed by atoms with van der Waals surface area (Å²) in [6, 6.07) is 5.72. The highest BCUT2D eigenvalue weighted by Gasteiger charge is 2.16. The van der Waals surface area contributed by atoms with Crippen LogP contribution in [0, 0.1) is 6.92 Å². The molecule has 23 heavy (non-hydrogen) atoms. The molecule has 1 fully saturated rings. The van der Waals surface area contributed by atoms with Crippen LogP contribution in [0.3, 0.4) is 0 Å². The van der Waals surface area contributed by atoms with E-state index in [-0.39, 0.29) is 5.91 Å². The first kappa shape index (κ1) is 15.5. The monoisotopic (exact) mass is 314 g/mol. The number of furan rings is 1. The number of hydrogen-bond donors (Lipinski definition) is 2. The second kappa shape index (κ2) is 7.26. The molecule has 0 saturated heterocycles. The Balaban J connectivity index is 1.65. The lowest BCUT2D eigenvalue weighted by Gasteiger charge is -2.22. The molecule has 0 spiro atoms. The van der Waals surface area contributed by atoms with E-state index in [0.717, 1.165) is 18.5 Å². The molecule has 122 valence electrons. The molecule has 1 amide bonds. The number of nitrogens with one attached hydrogen (secondary N) is 2. The Morgan fingerprint density at radius 1 is 1.30 bits per heavy atom. The zero-order valence-electron chi connectivity index (χ0n) is 13.3. The predicted molar refractivity (Wildman–Crippen MR) is 87.1 cm³/mol. The standard InChI is InChI=1S/C17H22N4O2/c1-12-10-15(16(22)18-11-14-8-5-9-23-14)21-17(19-12)20-13-6-3-2-4-7-13/h5,8-10,13H,2-4,6-7,11H2,1H3,(H,18,22)(H,19,20,21). The third-order valence-electron chi connectivity index (χ3n) is 4.03. The van der Waals surface area contributed by atoms with Crippen LogP contribution in [0.15, 0.2) is 28.9 Å². The van der Waals surface area contributed by atoms with Gasteiger partial charge >= 0.3 is 0 Å². The molecule has 1 aliphatic rings. The molecule has 0 aromatic carbocycles. The Kier molecular flexibility index (Phi) is 4.90. The van der Waals surface area contributed by atoms with E-state index in [4.69, 9.17) is 4.42 Å². The van der Waals surface area contributed by atoms with E-state index in [1.165, 1.54) is 19.3 Å².